The highest BCUT2D eigenvalue weighted by atomic mass is 35.5. The summed E-state index contributed by atoms with van der Waals surface area (Å²) in [5.74, 6) is -0.781. The normalized spacial score (nSPS) is 11.2. The summed E-state index contributed by atoms with van der Waals surface area (Å²) in [6.45, 7) is 0. The maximum absolute atomic E-state index is 13.2. The van der Waals surface area contributed by atoms with Crippen molar-refractivity contribution in [3.05, 3.63) is 105 Å². The Balaban J connectivity index is 1.98. The van der Waals surface area contributed by atoms with Crippen molar-refractivity contribution in [1.82, 2.24) is 9.55 Å². The molecule has 1 aromatic heterocycles. The highest BCUT2D eigenvalue weighted by Crippen LogP contribution is 2.21. The van der Waals surface area contributed by atoms with Crippen molar-refractivity contribution in [3.8, 4) is 5.69 Å². The number of halogens is 1. The molecule has 5 nitrogen and oxygen atoms in total. The van der Waals surface area contributed by atoms with Gasteiger partial charge in [0, 0.05) is 0 Å². The summed E-state index contributed by atoms with van der Waals surface area (Å²) < 4.78 is 1.39. The molecule has 1 N–H and O–H groups in total. The molecule has 0 radical (unpaired) electrons. The Morgan fingerprint density at radius 1 is 0.966 bits per heavy atom. The van der Waals surface area contributed by atoms with E-state index in [4.69, 9.17) is 11.6 Å². The molecule has 0 fully saturated rings. The van der Waals surface area contributed by atoms with Crippen molar-refractivity contribution >= 4 is 40.6 Å². The van der Waals surface area contributed by atoms with E-state index in [-0.39, 0.29) is 16.1 Å². The van der Waals surface area contributed by atoms with Crippen molar-refractivity contribution in [2.45, 2.75) is 0 Å². The predicted molar refractivity (Wildman–Crippen MR) is 115 cm³/mol. The summed E-state index contributed by atoms with van der Waals surface area (Å²) in [5, 5.41) is 9.94. The second kappa shape index (κ2) is 7.73. The molecule has 0 saturated heterocycles. The molecule has 1 heterocycles. The number of carbonyl (C=O) groups is 1. The van der Waals surface area contributed by atoms with E-state index in [9.17, 15) is 14.7 Å². The third-order valence-electron chi connectivity index (χ3n) is 4.46. The SMILES string of the molecule is O=C(O)c1cc(-n2c(/C=C/c3ccccc3)nc3ccccc3c2=O)ccc1Cl. The lowest BCUT2D eigenvalue weighted by Gasteiger charge is -2.12. The number of hydrogen-bond donors (Lipinski definition) is 1. The molecule has 4 aromatic rings. The van der Waals surface area contributed by atoms with E-state index >= 15 is 0 Å². The average molecular weight is 403 g/mol. The van der Waals surface area contributed by atoms with Crippen LogP contribution in [0.1, 0.15) is 21.7 Å². The number of rotatable bonds is 4. The van der Waals surface area contributed by atoms with E-state index in [1.54, 1.807) is 30.3 Å². The van der Waals surface area contributed by atoms with Gasteiger partial charge in [0.15, 0.2) is 0 Å². The molecule has 29 heavy (non-hydrogen) atoms. The summed E-state index contributed by atoms with van der Waals surface area (Å²) in [7, 11) is 0. The standard InChI is InChI=1S/C23H15ClN2O3/c24-19-12-11-16(14-18(19)23(28)29)26-21(13-10-15-6-2-1-3-7-15)25-20-9-5-4-8-17(20)22(26)27/h1-14H,(H,28,29)/b13-10+. The van der Waals surface area contributed by atoms with Crippen LogP contribution in [0.2, 0.25) is 5.02 Å². The van der Waals surface area contributed by atoms with Gasteiger partial charge >= 0.3 is 5.97 Å². The molecule has 6 heteroatoms. The minimum atomic E-state index is -1.17. The minimum absolute atomic E-state index is 0.0813. The van der Waals surface area contributed by atoms with Crippen LogP contribution in [0.25, 0.3) is 28.7 Å². The number of carboxylic acids is 1. The molecule has 142 valence electrons. The zero-order chi connectivity index (χ0) is 20.4. The van der Waals surface area contributed by atoms with Gasteiger partial charge in [-0.15, -0.1) is 0 Å². The number of benzene rings is 3. The highest BCUT2D eigenvalue weighted by Gasteiger charge is 2.15. The van der Waals surface area contributed by atoms with E-state index in [1.807, 2.05) is 42.5 Å². The van der Waals surface area contributed by atoms with Crippen LogP contribution in [-0.2, 0) is 0 Å². The predicted octanol–water partition coefficient (Wildman–Crippen LogP) is 4.91. The smallest absolute Gasteiger partial charge is 0.337 e. The quantitative estimate of drug-likeness (QED) is 0.526. The summed E-state index contributed by atoms with van der Waals surface area (Å²) in [5.41, 5.74) is 1.52. The lowest BCUT2D eigenvalue weighted by atomic mass is 10.1. The van der Waals surface area contributed by atoms with E-state index in [2.05, 4.69) is 4.98 Å². The number of nitrogens with zero attached hydrogens (tertiary/aromatic N) is 2. The Kier molecular flexibility index (Phi) is 4.97. The second-order valence-corrected chi connectivity index (χ2v) is 6.75. The van der Waals surface area contributed by atoms with Crippen LogP contribution in [0, 0.1) is 0 Å². The summed E-state index contributed by atoms with van der Waals surface area (Å²) >= 11 is 6.00. The lowest BCUT2D eigenvalue weighted by molar-refractivity contribution is 0.0697. The topological polar surface area (TPSA) is 72.2 Å². The molecular weight excluding hydrogens is 388 g/mol. The van der Waals surface area contributed by atoms with Crippen LogP contribution in [0.15, 0.2) is 77.6 Å². The second-order valence-electron chi connectivity index (χ2n) is 6.34. The van der Waals surface area contributed by atoms with E-state index in [1.165, 1.54) is 16.7 Å². The van der Waals surface area contributed by atoms with Crippen molar-refractivity contribution in [2.75, 3.05) is 0 Å². The van der Waals surface area contributed by atoms with Crippen LogP contribution >= 0.6 is 11.6 Å². The van der Waals surface area contributed by atoms with Gasteiger partial charge in [0.25, 0.3) is 5.56 Å². The van der Waals surface area contributed by atoms with E-state index in [0.717, 1.165) is 5.56 Å². The van der Waals surface area contributed by atoms with Gasteiger partial charge in [-0.3, -0.25) is 9.36 Å². The number of fused-ring (bicyclic) bond motifs is 1. The Bertz CT molecular complexity index is 1310. The number of aromatic nitrogens is 2. The fraction of sp³-hybridized carbons (Fsp3) is 0. The molecule has 0 bridgehead atoms. The zero-order valence-corrected chi connectivity index (χ0v) is 15.9. The van der Waals surface area contributed by atoms with Gasteiger partial charge in [0.05, 0.1) is 27.2 Å². The molecule has 0 amide bonds. The van der Waals surface area contributed by atoms with Gasteiger partial charge < -0.3 is 5.11 Å². The number of para-hydroxylation sites is 1. The first-order valence-corrected chi connectivity index (χ1v) is 9.20. The maximum Gasteiger partial charge on any atom is 0.337 e. The fourth-order valence-electron chi connectivity index (χ4n) is 3.06. The number of aromatic carboxylic acids is 1. The summed E-state index contributed by atoms with van der Waals surface area (Å²) in [6, 6.07) is 21.1. The first-order chi connectivity index (χ1) is 14.0. The molecule has 0 aliphatic carbocycles. The molecule has 3 aromatic carbocycles. The number of hydrogen-bond acceptors (Lipinski definition) is 3. The molecule has 0 saturated carbocycles. The maximum atomic E-state index is 13.2. The fourth-order valence-corrected chi connectivity index (χ4v) is 3.26. The van der Waals surface area contributed by atoms with Crippen molar-refractivity contribution in [1.29, 1.82) is 0 Å². The Morgan fingerprint density at radius 3 is 2.45 bits per heavy atom. The highest BCUT2D eigenvalue weighted by molar-refractivity contribution is 6.33. The zero-order valence-electron chi connectivity index (χ0n) is 15.1. The van der Waals surface area contributed by atoms with Gasteiger partial charge in [0.2, 0.25) is 0 Å². The Morgan fingerprint density at radius 2 is 1.69 bits per heavy atom. The van der Waals surface area contributed by atoms with Gasteiger partial charge in [-0.2, -0.15) is 0 Å². The molecular formula is C23H15ClN2O3. The summed E-state index contributed by atoms with van der Waals surface area (Å²) in [6.07, 6.45) is 3.58. The van der Waals surface area contributed by atoms with Gasteiger partial charge in [-0.1, -0.05) is 60.1 Å². The van der Waals surface area contributed by atoms with Gasteiger partial charge in [0.1, 0.15) is 5.82 Å². The average Bonchev–Trinajstić information content (AvgIpc) is 2.73. The molecule has 4 rings (SSSR count). The van der Waals surface area contributed by atoms with Crippen LogP contribution in [0.5, 0.6) is 0 Å². The Hall–Kier alpha value is -3.70. The minimum Gasteiger partial charge on any atom is -0.478 e. The van der Waals surface area contributed by atoms with Crippen molar-refractivity contribution in [3.63, 3.8) is 0 Å². The third kappa shape index (κ3) is 3.68. The van der Waals surface area contributed by atoms with Crippen LogP contribution in [-0.4, -0.2) is 20.6 Å². The van der Waals surface area contributed by atoms with E-state index < -0.39 is 5.97 Å². The molecule has 0 aliphatic heterocycles. The summed E-state index contributed by atoms with van der Waals surface area (Å²) in [4.78, 5) is 29.4. The monoisotopic (exact) mass is 402 g/mol. The molecule has 0 aliphatic rings. The molecule has 0 unspecified atom stereocenters. The molecule has 0 spiro atoms. The van der Waals surface area contributed by atoms with Crippen LogP contribution in [0.3, 0.4) is 0 Å². The first-order valence-electron chi connectivity index (χ1n) is 8.83. The van der Waals surface area contributed by atoms with E-state index in [0.29, 0.717) is 22.4 Å². The third-order valence-corrected chi connectivity index (χ3v) is 4.79. The van der Waals surface area contributed by atoms with Gasteiger partial charge in [-0.05, 0) is 42.0 Å². The van der Waals surface area contributed by atoms with Crippen molar-refractivity contribution in [2.24, 2.45) is 0 Å². The largest absolute Gasteiger partial charge is 0.478 e. The molecule has 0 atom stereocenters. The Labute approximate surface area is 171 Å². The number of carboxylic acid groups (broad SMARTS) is 1. The van der Waals surface area contributed by atoms with Crippen LogP contribution in [0.4, 0.5) is 0 Å². The van der Waals surface area contributed by atoms with Crippen LogP contribution < -0.4 is 5.56 Å². The van der Waals surface area contributed by atoms with Crippen molar-refractivity contribution < 1.29 is 9.90 Å². The lowest BCUT2D eigenvalue weighted by Crippen LogP contribution is -2.22. The first kappa shape index (κ1) is 18.7. The van der Waals surface area contributed by atoms with Gasteiger partial charge in [-0.25, -0.2) is 9.78 Å².